The first-order chi connectivity index (χ1) is 13.1. The van der Waals surface area contributed by atoms with Crippen molar-refractivity contribution in [1.29, 1.82) is 5.26 Å². The molecule has 6 heteroatoms. The van der Waals surface area contributed by atoms with Gasteiger partial charge in [-0.05, 0) is 43.3 Å². The van der Waals surface area contributed by atoms with Gasteiger partial charge in [0.1, 0.15) is 5.75 Å². The quantitative estimate of drug-likeness (QED) is 0.677. The number of aromatic nitrogens is 2. The smallest absolute Gasteiger partial charge is 0.263 e. The van der Waals surface area contributed by atoms with E-state index in [1.807, 2.05) is 36.5 Å². The van der Waals surface area contributed by atoms with E-state index in [9.17, 15) is 4.79 Å². The first-order valence-electron chi connectivity index (χ1n) is 8.57. The van der Waals surface area contributed by atoms with Gasteiger partial charge in [-0.2, -0.15) is 10.4 Å². The molecular weight excluding hydrogens is 340 g/mol. The maximum Gasteiger partial charge on any atom is 0.263 e. The highest BCUT2D eigenvalue weighted by molar-refractivity contribution is 5.80. The molecule has 0 spiro atoms. The minimum atomic E-state index is -0.632. The molecule has 1 unspecified atom stereocenters. The van der Waals surface area contributed by atoms with E-state index in [-0.39, 0.29) is 5.91 Å². The molecule has 1 aromatic heterocycles. The van der Waals surface area contributed by atoms with Crippen LogP contribution in [0.1, 0.15) is 18.1 Å². The Balaban J connectivity index is 1.60. The van der Waals surface area contributed by atoms with E-state index in [0.29, 0.717) is 17.9 Å². The van der Waals surface area contributed by atoms with Gasteiger partial charge < -0.3 is 9.64 Å². The van der Waals surface area contributed by atoms with E-state index < -0.39 is 6.10 Å². The van der Waals surface area contributed by atoms with Gasteiger partial charge in [0.2, 0.25) is 0 Å². The third-order valence-corrected chi connectivity index (χ3v) is 4.10. The molecule has 0 aliphatic carbocycles. The molecule has 0 aliphatic heterocycles. The number of nitrogens with zero attached hydrogens (tertiary/aromatic N) is 4. The highest BCUT2D eigenvalue weighted by Crippen LogP contribution is 2.15. The molecule has 0 saturated heterocycles. The van der Waals surface area contributed by atoms with Crippen molar-refractivity contribution >= 4 is 5.91 Å². The lowest BCUT2D eigenvalue weighted by molar-refractivity contribution is -0.137. The summed E-state index contributed by atoms with van der Waals surface area (Å²) in [5.74, 6) is 0.423. The Morgan fingerprint density at radius 3 is 2.59 bits per heavy atom. The maximum atomic E-state index is 12.6. The Kier molecular flexibility index (Phi) is 5.53. The van der Waals surface area contributed by atoms with Crippen molar-refractivity contribution in [2.45, 2.75) is 19.6 Å². The van der Waals surface area contributed by atoms with Crippen LogP contribution in [0.25, 0.3) is 5.69 Å². The minimum absolute atomic E-state index is 0.133. The number of nitriles is 1. The molecule has 0 radical (unpaired) electrons. The van der Waals surface area contributed by atoms with Crippen molar-refractivity contribution in [3.63, 3.8) is 0 Å². The summed E-state index contributed by atoms with van der Waals surface area (Å²) < 4.78 is 7.47. The van der Waals surface area contributed by atoms with Crippen LogP contribution in [0.2, 0.25) is 0 Å². The lowest BCUT2D eigenvalue weighted by Gasteiger charge is -2.21. The van der Waals surface area contributed by atoms with Crippen molar-refractivity contribution in [1.82, 2.24) is 14.7 Å². The van der Waals surface area contributed by atoms with Gasteiger partial charge in [0.15, 0.2) is 6.10 Å². The first-order valence-corrected chi connectivity index (χ1v) is 8.57. The average molecular weight is 360 g/mol. The molecule has 2 aromatic carbocycles. The summed E-state index contributed by atoms with van der Waals surface area (Å²) in [5, 5.41) is 13.2. The number of carbonyl (C=O) groups excluding carboxylic acids is 1. The summed E-state index contributed by atoms with van der Waals surface area (Å²) >= 11 is 0. The van der Waals surface area contributed by atoms with Gasteiger partial charge in [-0.1, -0.05) is 18.2 Å². The monoisotopic (exact) mass is 360 g/mol. The number of likely N-dealkylation sites (N-methyl/N-ethyl adjacent to an activating group) is 1. The van der Waals surface area contributed by atoms with E-state index in [1.54, 1.807) is 54.0 Å². The second kappa shape index (κ2) is 8.19. The topological polar surface area (TPSA) is 71.2 Å². The largest absolute Gasteiger partial charge is 0.481 e. The summed E-state index contributed by atoms with van der Waals surface area (Å²) in [6.07, 6.45) is 3.03. The molecule has 27 heavy (non-hydrogen) atoms. The second-order valence-corrected chi connectivity index (χ2v) is 6.22. The number of benzene rings is 2. The Morgan fingerprint density at radius 2 is 1.93 bits per heavy atom. The zero-order valence-electron chi connectivity index (χ0n) is 15.2. The van der Waals surface area contributed by atoms with Crippen LogP contribution in [0.4, 0.5) is 0 Å². The van der Waals surface area contributed by atoms with Crippen LogP contribution in [0, 0.1) is 11.3 Å². The molecule has 0 aliphatic rings. The third-order valence-electron chi connectivity index (χ3n) is 4.10. The highest BCUT2D eigenvalue weighted by atomic mass is 16.5. The van der Waals surface area contributed by atoms with Gasteiger partial charge in [-0.3, -0.25) is 4.79 Å². The van der Waals surface area contributed by atoms with Crippen molar-refractivity contribution in [2.75, 3.05) is 7.05 Å². The van der Waals surface area contributed by atoms with Crippen LogP contribution in [0.5, 0.6) is 5.75 Å². The standard InChI is InChI=1S/C21H20N4O2/c1-16(27-20-10-8-17(12-22)9-11-20)21(26)24(2)14-18-13-23-25(15-18)19-6-4-3-5-7-19/h3-11,13,15-16H,14H2,1-2H3. The average Bonchev–Trinajstić information content (AvgIpc) is 3.17. The van der Waals surface area contributed by atoms with Crippen LogP contribution >= 0.6 is 0 Å². The molecule has 0 bridgehead atoms. The lowest BCUT2D eigenvalue weighted by Crippen LogP contribution is -2.37. The second-order valence-electron chi connectivity index (χ2n) is 6.22. The number of hydrogen-bond acceptors (Lipinski definition) is 4. The number of amides is 1. The minimum Gasteiger partial charge on any atom is -0.481 e. The van der Waals surface area contributed by atoms with Crippen molar-refractivity contribution in [3.05, 3.63) is 78.1 Å². The fourth-order valence-electron chi connectivity index (χ4n) is 2.69. The van der Waals surface area contributed by atoms with Crippen molar-refractivity contribution in [2.24, 2.45) is 0 Å². The van der Waals surface area contributed by atoms with E-state index in [0.717, 1.165) is 11.3 Å². The summed E-state index contributed by atoms with van der Waals surface area (Å²) in [6.45, 7) is 2.15. The fraction of sp³-hybridized carbons (Fsp3) is 0.190. The highest BCUT2D eigenvalue weighted by Gasteiger charge is 2.20. The summed E-state index contributed by atoms with van der Waals surface area (Å²) in [6, 6.07) is 18.5. The Hall–Kier alpha value is -3.59. The number of hydrogen-bond donors (Lipinski definition) is 0. The van der Waals surface area contributed by atoms with Gasteiger partial charge >= 0.3 is 0 Å². The molecule has 6 nitrogen and oxygen atoms in total. The Morgan fingerprint density at radius 1 is 1.22 bits per heavy atom. The maximum absolute atomic E-state index is 12.6. The molecule has 3 rings (SSSR count). The Bertz CT molecular complexity index is 942. The van der Waals surface area contributed by atoms with Gasteiger partial charge in [0.05, 0.1) is 23.5 Å². The van der Waals surface area contributed by atoms with E-state index in [1.165, 1.54) is 0 Å². The number of carbonyl (C=O) groups is 1. The SMILES string of the molecule is CC(Oc1ccc(C#N)cc1)C(=O)N(C)Cc1cnn(-c2ccccc2)c1. The molecular formula is C21H20N4O2. The van der Waals surface area contributed by atoms with Gasteiger partial charge in [0, 0.05) is 25.4 Å². The van der Waals surface area contributed by atoms with E-state index >= 15 is 0 Å². The predicted octanol–water partition coefficient (Wildman–Crippen LogP) is 3.17. The first kappa shape index (κ1) is 18.2. The van der Waals surface area contributed by atoms with E-state index in [4.69, 9.17) is 10.00 Å². The normalized spacial score (nSPS) is 11.4. The Labute approximate surface area is 158 Å². The zero-order chi connectivity index (χ0) is 19.2. The molecule has 1 atom stereocenters. The number of ether oxygens (including phenoxy) is 1. The van der Waals surface area contributed by atoms with Crippen molar-refractivity contribution < 1.29 is 9.53 Å². The number of rotatable bonds is 6. The summed E-state index contributed by atoms with van der Waals surface area (Å²) in [4.78, 5) is 14.2. The number of para-hydroxylation sites is 1. The summed E-state index contributed by atoms with van der Waals surface area (Å²) in [5.41, 5.74) is 2.45. The van der Waals surface area contributed by atoms with Crippen molar-refractivity contribution in [3.8, 4) is 17.5 Å². The van der Waals surface area contributed by atoms with Crippen LogP contribution in [0.3, 0.4) is 0 Å². The molecule has 136 valence electrons. The fourth-order valence-corrected chi connectivity index (χ4v) is 2.69. The molecule has 0 fully saturated rings. The molecule has 1 heterocycles. The van der Waals surface area contributed by atoms with Crippen LogP contribution in [0.15, 0.2) is 67.0 Å². The van der Waals surface area contributed by atoms with Crippen LogP contribution < -0.4 is 4.74 Å². The van der Waals surface area contributed by atoms with E-state index in [2.05, 4.69) is 11.2 Å². The third kappa shape index (κ3) is 4.53. The van der Waals surface area contributed by atoms with Crippen LogP contribution in [-0.2, 0) is 11.3 Å². The molecule has 0 N–H and O–H groups in total. The summed E-state index contributed by atoms with van der Waals surface area (Å²) in [7, 11) is 1.74. The molecule has 1 amide bonds. The van der Waals surface area contributed by atoms with Crippen LogP contribution in [-0.4, -0.2) is 33.7 Å². The zero-order valence-corrected chi connectivity index (χ0v) is 15.2. The molecule has 0 saturated carbocycles. The molecule has 3 aromatic rings. The van der Waals surface area contributed by atoms with Gasteiger partial charge in [-0.15, -0.1) is 0 Å². The van der Waals surface area contributed by atoms with Gasteiger partial charge in [-0.25, -0.2) is 4.68 Å². The van der Waals surface area contributed by atoms with Gasteiger partial charge in [0.25, 0.3) is 5.91 Å². The predicted molar refractivity (Wildman–Crippen MR) is 101 cm³/mol. The lowest BCUT2D eigenvalue weighted by atomic mass is 10.2.